The smallest absolute Gasteiger partial charge is 0.113 e. The van der Waals surface area contributed by atoms with E-state index in [0.29, 0.717) is 0 Å². The molecule has 0 rings (SSSR count). The highest BCUT2D eigenvalue weighted by atomic mass is 32.2. The Hall–Kier alpha value is 0.260. The minimum Gasteiger partial charge on any atom is -0.149 e. The first kappa shape index (κ1) is 6.26. The molecule has 0 aliphatic rings. The molecule has 2 heteroatoms. The van der Waals surface area contributed by atoms with E-state index in [1.165, 1.54) is 0 Å². The molecular weight excluding hydrogens is 112 g/mol. The molecule has 0 nitrogen and oxygen atoms in total. The number of terminal acetylenes is 1. The second kappa shape index (κ2) is 1.81. The average molecular weight is 118 g/mol. The molecule has 0 heterocycles. The molecule has 0 amide bonds. The first-order valence-electron chi connectivity index (χ1n) is 1.49. The lowest BCUT2D eigenvalue weighted by Gasteiger charge is -2.02. The summed E-state index contributed by atoms with van der Waals surface area (Å²) >= 11 is 7.77. The minimum absolute atomic E-state index is 0.542. The zero-order valence-corrected chi connectivity index (χ0v) is 5.26. The molecule has 0 unspecified atom stereocenters. The van der Waals surface area contributed by atoms with Gasteiger partial charge in [-0.15, -0.1) is 31.7 Å². The van der Waals surface area contributed by atoms with E-state index >= 15 is 0 Å². The van der Waals surface area contributed by atoms with Crippen LogP contribution in [0.15, 0.2) is 0 Å². The van der Waals surface area contributed by atoms with Crippen molar-refractivity contribution in [2.75, 3.05) is 0 Å². The zero-order chi connectivity index (χ0) is 5.21. The molecule has 0 radical (unpaired) electrons. The molecule has 0 saturated heterocycles. The molecule has 0 N–H and O–H groups in total. The van der Waals surface area contributed by atoms with E-state index in [-0.39, 0.29) is 0 Å². The molecule has 0 fully saturated rings. The van der Waals surface area contributed by atoms with Crippen molar-refractivity contribution in [1.29, 1.82) is 0 Å². The van der Waals surface area contributed by atoms with Gasteiger partial charge in [0.05, 0.1) is 0 Å². The van der Waals surface area contributed by atoms with Crippen molar-refractivity contribution >= 4 is 25.3 Å². The van der Waals surface area contributed by atoms with Crippen molar-refractivity contribution in [2.24, 2.45) is 0 Å². The van der Waals surface area contributed by atoms with Crippen molar-refractivity contribution in [3.8, 4) is 12.3 Å². The van der Waals surface area contributed by atoms with Crippen LogP contribution in [0.2, 0.25) is 0 Å². The summed E-state index contributed by atoms with van der Waals surface area (Å²) in [6, 6.07) is 0. The van der Waals surface area contributed by atoms with Gasteiger partial charge in [-0.1, -0.05) is 5.92 Å². The predicted octanol–water partition coefficient (Wildman–Crippen LogP) is 1.20. The Morgan fingerprint density at radius 1 is 1.67 bits per heavy atom. The Morgan fingerprint density at radius 2 is 1.83 bits per heavy atom. The molecule has 0 bridgehead atoms. The van der Waals surface area contributed by atoms with Gasteiger partial charge in [0.25, 0.3) is 0 Å². The fourth-order valence-electron chi connectivity index (χ4n) is 0. The van der Waals surface area contributed by atoms with Crippen LogP contribution in [0.1, 0.15) is 6.92 Å². The van der Waals surface area contributed by atoms with Crippen molar-refractivity contribution in [2.45, 2.75) is 11.0 Å². The molecule has 0 spiro atoms. The average Bonchev–Trinajstić information content (AvgIpc) is 1.35. The van der Waals surface area contributed by atoms with Crippen molar-refractivity contribution in [3.63, 3.8) is 0 Å². The van der Waals surface area contributed by atoms with E-state index in [1.54, 1.807) is 6.92 Å². The van der Waals surface area contributed by atoms with Crippen LogP contribution < -0.4 is 0 Å². The second-order valence-electron chi connectivity index (χ2n) is 1.17. The van der Waals surface area contributed by atoms with Crippen LogP contribution in [0.25, 0.3) is 0 Å². The monoisotopic (exact) mass is 118 g/mol. The van der Waals surface area contributed by atoms with Gasteiger partial charge in [0.15, 0.2) is 0 Å². The highest BCUT2D eigenvalue weighted by Gasteiger charge is 2.03. The van der Waals surface area contributed by atoms with Gasteiger partial charge in [-0.25, -0.2) is 0 Å². The summed E-state index contributed by atoms with van der Waals surface area (Å²) < 4.78 is -0.542. The summed E-state index contributed by atoms with van der Waals surface area (Å²) in [6.45, 7) is 1.74. The number of rotatable bonds is 0. The van der Waals surface area contributed by atoms with Crippen LogP contribution in [0.4, 0.5) is 0 Å². The van der Waals surface area contributed by atoms with Crippen molar-refractivity contribution < 1.29 is 0 Å². The summed E-state index contributed by atoms with van der Waals surface area (Å²) in [7, 11) is 0. The molecule has 0 aromatic heterocycles. The number of thiol groups is 2. The van der Waals surface area contributed by atoms with Gasteiger partial charge in [-0.2, -0.15) is 0 Å². The highest BCUT2D eigenvalue weighted by Crippen LogP contribution is 2.14. The Balaban J connectivity index is 3.55. The lowest BCUT2D eigenvalue weighted by atomic mass is 10.5. The van der Waals surface area contributed by atoms with E-state index in [9.17, 15) is 0 Å². The van der Waals surface area contributed by atoms with E-state index < -0.39 is 4.08 Å². The van der Waals surface area contributed by atoms with Gasteiger partial charge >= 0.3 is 0 Å². The topological polar surface area (TPSA) is 0 Å². The summed E-state index contributed by atoms with van der Waals surface area (Å²) in [6.07, 6.45) is 4.90. The van der Waals surface area contributed by atoms with E-state index in [1.807, 2.05) is 0 Å². The van der Waals surface area contributed by atoms with E-state index in [2.05, 4.69) is 31.2 Å². The Bertz CT molecular complexity index is 72.5. The normalized spacial score (nSPS) is 10.3. The Morgan fingerprint density at radius 3 is 1.83 bits per heavy atom. The van der Waals surface area contributed by atoms with Crippen LogP contribution >= 0.6 is 25.3 Å². The fraction of sp³-hybridized carbons (Fsp3) is 0.500. The predicted molar refractivity (Wildman–Crippen MR) is 35.2 cm³/mol. The molecule has 0 atom stereocenters. The number of hydrogen-bond acceptors (Lipinski definition) is 2. The third-order valence-electron chi connectivity index (χ3n) is 0.273. The molecular formula is C4H6S2. The van der Waals surface area contributed by atoms with Crippen molar-refractivity contribution in [1.82, 2.24) is 0 Å². The van der Waals surface area contributed by atoms with E-state index in [4.69, 9.17) is 6.42 Å². The Kier molecular flexibility index (Phi) is 1.89. The molecule has 0 aliphatic carbocycles. The summed E-state index contributed by atoms with van der Waals surface area (Å²) in [4.78, 5) is 0. The third kappa shape index (κ3) is 4.26. The summed E-state index contributed by atoms with van der Waals surface area (Å²) in [5.74, 6) is 2.33. The summed E-state index contributed by atoms with van der Waals surface area (Å²) in [5.41, 5.74) is 0. The van der Waals surface area contributed by atoms with Crippen LogP contribution in [0, 0.1) is 12.3 Å². The standard InChI is InChI=1S/C4H6S2/c1-3-4(2,5)6/h1,5-6H,2H3. The quantitative estimate of drug-likeness (QED) is 0.266. The molecule has 0 aliphatic heterocycles. The Labute approximate surface area is 49.1 Å². The molecule has 0 aromatic carbocycles. The van der Waals surface area contributed by atoms with Gasteiger partial charge < -0.3 is 0 Å². The van der Waals surface area contributed by atoms with Crippen LogP contribution in [-0.2, 0) is 0 Å². The lowest BCUT2D eigenvalue weighted by molar-refractivity contribution is 1.23. The molecule has 6 heavy (non-hydrogen) atoms. The van der Waals surface area contributed by atoms with Gasteiger partial charge in [0.1, 0.15) is 4.08 Å². The van der Waals surface area contributed by atoms with Crippen LogP contribution in [-0.4, -0.2) is 4.08 Å². The van der Waals surface area contributed by atoms with Gasteiger partial charge in [-0.3, -0.25) is 0 Å². The first-order valence-corrected chi connectivity index (χ1v) is 2.38. The summed E-state index contributed by atoms with van der Waals surface area (Å²) in [5, 5.41) is 0. The maximum atomic E-state index is 4.90. The van der Waals surface area contributed by atoms with Gasteiger partial charge in [0.2, 0.25) is 0 Å². The second-order valence-corrected chi connectivity index (χ2v) is 3.31. The van der Waals surface area contributed by atoms with Crippen LogP contribution in [0.5, 0.6) is 0 Å². The largest absolute Gasteiger partial charge is 0.149 e. The van der Waals surface area contributed by atoms with Crippen LogP contribution in [0.3, 0.4) is 0 Å². The zero-order valence-electron chi connectivity index (χ0n) is 3.47. The molecule has 34 valence electrons. The fourth-order valence-corrected chi connectivity index (χ4v) is 0. The van der Waals surface area contributed by atoms with Gasteiger partial charge in [0, 0.05) is 0 Å². The number of hydrogen-bond donors (Lipinski definition) is 2. The molecule has 0 aromatic rings. The highest BCUT2D eigenvalue weighted by molar-refractivity contribution is 8.01. The van der Waals surface area contributed by atoms with Crippen molar-refractivity contribution in [3.05, 3.63) is 0 Å². The third-order valence-corrected chi connectivity index (χ3v) is 0.532. The SMILES string of the molecule is C#CC(C)(S)S. The lowest BCUT2D eigenvalue weighted by Crippen LogP contribution is -1.98. The maximum Gasteiger partial charge on any atom is 0.113 e. The first-order chi connectivity index (χ1) is 2.56. The minimum atomic E-state index is -0.542. The maximum absolute atomic E-state index is 4.90. The van der Waals surface area contributed by atoms with E-state index in [0.717, 1.165) is 0 Å². The molecule has 0 saturated carbocycles. The van der Waals surface area contributed by atoms with Gasteiger partial charge in [-0.05, 0) is 6.92 Å².